The van der Waals surface area contributed by atoms with Crippen LogP contribution in [0.2, 0.25) is 0 Å². The Kier molecular flexibility index (Phi) is 5.10. The highest BCUT2D eigenvalue weighted by Gasteiger charge is 2.19. The lowest BCUT2D eigenvalue weighted by Crippen LogP contribution is -2.47. The maximum Gasteiger partial charge on any atom is 0.191 e. The first kappa shape index (κ1) is 12.7. The molecule has 0 spiro atoms. The van der Waals surface area contributed by atoms with Crippen molar-refractivity contribution in [3.8, 4) is 0 Å². The van der Waals surface area contributed by atoms with E-state index in [1.165, 1.54) is 32.2 Å². The molecule has 0 aromatic rings. The van der Waals surface area contributed by atoms with Crippen molar-refractivity contribution in [1.82, 2.24) is 15.5 Å². The van der Waals surface area contributed by atoms with Crippen LogP contribution < -0.4 is 10.6 Å². The fraction of sp³-hybridized carbons (Fsp3) is 0.923. The first-order valence-corrected chi connectivity index (χ1v) is 7.16. The van der Waals surface area contributed by atoms with E-state index in [1.807, 2.05) is 0 Å². The summed E-state index contributed by atoms with van der Waals surface area (Å²) < 4.78 is 0. The topological polar surface area (TPSA) is 39.7 Å². The van der Waals surface area contributed by atoms with Crippen LogP contribution in [-0.4, -0.2) is 49.6 Å². The van der Waals surface area contributed by atoms with Gasteiger partial charge in [-0.15, -0.1) is 0 Å². The van der Waals surface area contributed by atoms with E-state index in [9.17, 15) is 0 Å². The molecule has 4 heteroatoms. The minimum Gasteiger partial charge on any atom is -0.356 e. The monoisotopic (exact) mass is 238 g/mol. The largest absolute Gasteiger partial charge is 0.356 e. The van der Waals surface area contributed by atoms with Gasteiger partial charge in [-0.1, -0.05) is 13.3 Å². The van der Waals surface area contributed by atoms with Crippen LogP contribution in [0.15, 0.2) is 4.99 Å². The number of piperidine rings is 1. The molecule has 98 valence electrons. The summed E-state index contributed by atoms with van der Waals surface area (Å²) in [6, 6.07) is 0.812. The standard InChI is InChI=1S/C13H26N4/c1-2-12-6-3-4-10-17(12)11-9-16-13-14-7-5-8-15-13/h12H,2-11H2,1H3,(H2,14,15,16). The molecular formula is C13H26N4. The number of hydrogen-bond acceptors (Lipinski definition) is 4. The Morgan fingerprint density at radius 2 is 2.35 bits per heavy atom. The molecule has 0 saturated carbocycles. The van der Waals surface area contributed by atoms with Gasteiger partial charge in [0.2, 0.25) is 0 Å². The summed E-state index contributed by atoms with van der Waals surface area (Å²) in [5.74, 6) is 1.00. The van der Waals surface area contributed by atoms with Gasteiger partial charge in [-0.05, 0) is 32.2 Å². The van der Waals surface area contributed by atoms with Crippen LogP contribution in [0.1, 0.15) is 39.0 Å². The molecule has 0 bridgehead atoms. The number of likely N-dealkylation sites (tertiary alicyclic amines) is 1. The minimum atomic E-state index is 0.812. The lowest BCUT2D eigenvalue weighted by Gasteiger charge is -2.35. The van der Waals surface area contributed by atoms with Crippen molar-refractivity contribution in [2.24, 2.45) is 4.99 Å². The molecule has 1 atom stereocenters. The number of aliphatic imine (C=N–C) groups is 1. The number of guanidine groups is 1. The quantitative estimate of drug-likeness (QED) is 0.773. The Labute approximate surface area is 105 Å². The third-order valence-electron chi connectivity index (χ3n) is 3.81. The molecule has 0 aromatic heterocycles. The van der Waals surface area contributed by atoms with Crippen molar-refractivity contribution in [3.05, 3.63) is 0 Å². The summed E-state index contributed by atoms with van der Waals surface area (Å²) in [6.07, 6.45) is 6.62. The van der Waals surface area contributed by atoms with Gasteiger partial charge in [-0.3, -0.25) is 9.89 Å². The predicted octanol–water partition coefficient (Wildman–Crippen LogP) is 1.19. The predicted molar refractivity (Wildman–Crippen MR) is 72.4 cm³/mol. The van der Waals surface area contributed by atoms with Crippen molar-refractivity contribution in [3.63, 3.8) is 0 Å². The zero-order valence-corrected chi connectivity index (χ0v) is 11.0. The van der Waals surface area contributed by atoms with Crippen molar-refractivity contribution in [2.45, 2.75) is 45.1 Å². The average Bonchev–Trinajstić information content (AvgIpc) is 2.40. The van der Waals surface area contributed by atoms with Crippen LogP contribution in [0.3, 0.4) is 0 Å². The number of hydrogen-bond donors (Lipinski definition) is 2. The lowest BCUT2D eigenvalue weighted by atomic mass is 10.0. The number of rotatable bonds is 4. The molecule has 1 saturated heterocycles. The number of nitrogens with one attached hydrogen (secondary N) is 2. The van der Waals surface area contributed by atoms with Gasteiger partial charge >= 0.3 is 0 Å². The van der Waals surface area contributed by atoms with Gasteiger partial charge in [0.1, 0.15) is 0 Å². The Morgan fingerprint density at radius 1 is 1.41 bits per heavy atom. The zero-order chi connectivity index (χ0) is 11.9. The summed E-state index contributed by atoms with van der Waals surface area (Å²) in [7, 11) is 0. The summed E-state index contributed by atoms with van der Waals surface area (Å²) in [4.78, 5) is 7.07. The highest BCUT2D eigenvalue weighted by molar-refractivity contribution is 5.80. The summed E-state index contributed by atoms with van der Waals surface area (Å²) in [5.41, 5.74) is 0. The summed E-state index contributed by atoms with van der Waals surface area (Å²) in [5, 5.41) is 6.71. The molecule has 2 rings (SSSR count). The second-order valence-electron chi connectivity index (χ2n) is 5.03. The second kappa shape index (κ2) is 6.84. The van der Waals surface area contributed by atoms with E-state index in [-0.39, 0.29) is 0 Å². The third-order valence-corrected chi connectivity index (χ3v) is 3.81. The normalized spacial score (nSPS) is 26.2. The van der Waals surface area contributed by atoms with Gasteiger partial charge in [0.25, 0.3) is 0 Å². The SMILES string of the molecule is CCC1CCCCN1CCNC1=NCCCN1. The summed E-state index contributed by atoms with van der Waals surface area (Å²) in [6.45, 7) is 7.79. The Hall–Kier alpha value is -0.770. The van der Waals surface area contributed by atoms with Gasteiger partial charge in [-0.2, -0.15) is 0 Å². The molecule has 2 aliphatic heterocycles. The molecule has 4 nitrogen and oxygen atoms in total. The van der Waals surface area contributed by atoms with E-state index in [4.69, 9.17) is 0 Å². The Balaban J connectivity index is 1.67. The first-order valence-electron chi connectivity index (χ1n) is 7.16. The average molecular weight is 238 g/mol. The molecule has 0 aliphatic carbocycles. The van der Waals surface area contributed by atoms with Crippen LogP contribution in [0, 0.1) is 0 Å². The summed E-state index contributed by atoms with van der Waals surface area (Å²) >= 11 is 0. The third kappa shape index (κ3) is 3.87. The van der Waals surface area contributed by atoms with Crippen LogP contribution in [0.4, 0.5) is 0 Å². The Bertz CT molecular complexity index is 252. The Morgan fingerprint density at radius 3 is 3.12 bits per heavy atom. The maximum atomic E-state index is 4.43. The van der Waals surface area contributed by atoms with E-state index < -0.39 is 0 Å². The van der Waals surface area contributed by atoms with Crippen molar-refractivity contribution in [2.75, 3.05) is 32.7 Å². The molecule has 2 N–H and O–H groups in total. The van der Waals surface area contributed by atoms with E-state index in [1.54, 1.807) is 0 Å². The van der Waals surface area contributed by atoms with E-state index in [2.05, 4.69) is 27.4 Å². The molecule has 2 aliphatic rings. The molecule has 0 radical (unpaired) electrons. The molecule has 0 aromatic carbocycles. The molecule has 1 fully saturated rings. The molecule has 17 heavy (non-hydrogen) atoms. The van der Waals surface area contributed by atoms with Crippen LogP contribution >= 0.6 is 0 Å². The molecular weight excluding hydrogens is 212 g/mol. The van der Waals surface area contributed by atoms with Gasteiger partial charge in [-0.25, -0.2) is 0 Å². The van der Waals surface area contributed by atoms with Crippen molar-refractivity contribution < 1.29 is 0 Å². The van der Waals surface area contributed by atoms with Crippen molar-refractivity contribution in [1.29, 1.82) is 0 Å². The van der Waals surface area contributed by atoms with Gasteiger partial charge in [0.05, 0.1) is 0 Å². The van der Waals surface area contributed by atoms with Crippen LogP contribution in [-0.2, 0) is 0 Å². The van der Waals surface area contributed by atoms with Crippen molar-refractivity contribution >= 4 is 5.96 Å². The van der Waals surface area contributed by atoms with E-state index in [0.717, 1.165) is 44.6 Å². The fourth-order valence-corrected chi connectivity index (χ4v) is 2.79. The second-order valence-corrected chi connectivity index (χ2v) is 5.03. The minimum absolute atomic E-state index is 0.812. The smallest absolute Gasteiger partial charge is 0.191 e. The van der Waals surface area contributed by atoms with E-state index in [0.29, 0.717) is 0 Å². The van der Waals surface area contributed by atoms with Gasteiger partial charge in [0, 0.05) is 32.2 Å². The van der Waals surface area contributed by atoms with Gasteiger partial charge < -0.3 is 10.6 Å². The van der Waals surface area contributed by atoms with Crippen LogP contribution in [0.25, 0.3) is 0 Å². The molecule has 1 unspecified atom stereocenters. The fourth-order valence-electron chi connectivity index (χ4n) is 2.79. The highest BCUT2D eigenvalue weighted by Crippen LogP contribution is 2.18. The maximum absolute atomic E-state index is 4.43. The highest BCUT2D eigenvalue weighted by atomic mass is 15.2. The zero-order valence-electron chi connectivity index (χ0n) is 11.0. The molecule has 2 heterocycles. The molecule has 0 amide bonds. The van der Waals surface area contributed by atoms with Crippen LogP contribution in [0.5, 0.6) is 0 Å². The van der Waals surface area contributed by atoms with E-state index >= 15 is 0 Å². The first-order chi connectivity index (χ1) is 8.40. The lowest BCUT2D eigenvalue weighted by molar-refractivity contribution is 0.147. The number of nitrogens with zero attached hydrogens (tertiary/aromatic N) is 2. The van der Waals surface area contributed by atoms with Gasteiger partial charge in [0.15, 0.2) is 5.96 Å².